The van der Waals surface area contributed by atoms with Crippen molar-refractivity contribution >= 4 is 41.6 Å². The highest BCUT2D eigenvalue weighted by atomic mass is 79.9. The number of rotatable bonds is 3. The number of esters is 1. The van der Waals surface area contributed by atoms with Gasteiger partial charge in [-0.2, -0.15) is 0 Å². The second-order valence-corrected chi connectivity index (χ2v) is 7.32. The lowest BCUT2D eigenvalue weighted by molar-refractivity contribution is 0.0377. The Hall–Kier alpha value is -0.590. The molecule has 0 aromatic heterocycles. The summed E-state index contributed by atoms with van der Waals surface area (Å²) in [6.45, 7) is 5.09. The molecule has 0 atom stereocenters. The SMILES string of the molecule is Cc1cc(C(=O)OC(C)C)cc(S(=O)(=O)Cl)c1Br. The number of benzene rings is 1. The Kier molecular flexibility index (Phi) is 4.80. The second kappa shape index (κ2) is 5.59. The Balaban J connectivity index is 3.34. The molecule has 7 heteroatoms. The zero-order valence-corrected chi connectivity index (χ0v) is 13.2. The van der Waals surface area contributed by atoms with Crippen LogP contribution in [-0.4, -0.2) is 20.5 Å². The molecule has 0 heterocycles. The summed E-state index contributed by atoms with van der Waals surface area (Å²) in [6, 6.07) is 2.74. The number of carbonyl (C=O) groups is 1. The van der Waals surface area contributed by atoms with E-state index in [1.54, 1.807) is 26.8 Å². The standard InChI is InChI=1S/C11H12BrClO4S/c1-6(2)17-11(14)8-4-7(3)10(12)9(5-8)18(13,15)16/h4-6H,1-3H3. The minimum Gasteiger partial charge on any atom is -0.459 e. The van der Waals surface area contributed by atoms with Gasteiger partial charge in [0.05, 0.1) is 16.6 Å². The molecule has 1 rings (SSSR count). The van der Waals surface area contributed by atoms with Crippen LogP contribution < -0.4 is 0 Å². The average Bonchev–Trinajstić information content (AvgIpc) is 2.18. The van der Waals surface area contributed by atoms with Crippen LogP contribution in [0.15, 0.2) is 21.5 Å². The normalized spacial score (nSPS) is 11.7. The molecule has 0 fully saturated rings. The van der Waals surface area contributed by atoms with E-state index in [2.05, 4.69) is 15.9 Å². The minimum atomic E-state index is -3.92. The molecule has 0 unspecified atom stereocenters. The van der Waals surface area contributed by atoms with Gasteiger partial charge >= 0.3 is 5.97 Å². The van der Waals surface area contributed by atoms with Crippen LogP contribution in [0.1, 0.15) is 29.8 Å². The van der Waals surface area contributed by atoms with Gasteiger partial charge in [0.25, 0.3) is 9.05 Å². The maximum Gasteiger partial charge on any atom is 0.338 e. The average molecular weight is 356 g/mol. The van der Waals surface area contributed by atoms with Gasteiger partial charge in [0.1, 0.15) is 0 Å². The third-order valence-electron chi connectivity index (χ3n) is 2.06. The molecule has 0 amide bonds. The largest absolute Gasteiger partial charge is 0.459 e. The first-order valence-electron chi connectivity index (χ1n) is 5.08. The lowest BCUT2D eigenvalue weighted by Crippen LogP contribution is -2.12. The van der Waals surface area contributed by atoms with Crippen molar-refractivity contribution in [1.29, 1.82) is 0 Å². The van der Waals surface area contributed by atoms with E-state index in [-0.39, 0.29) is 16.6 Å². The van der Waals surface area contributed by atoms with E-state index >= 15 is 0 Å². The van der Waals surface area contributed by atoms with Crippen molar-refractivity contribution in [3.63, 3.8) is 0 Å². The topological polar surface area (TPSA) is 60.4 Å². The van der Waals surface area contributed by atoms with Crippen molar-refractivity contribution in [2.24, 2.45) is 0 Å². The maximum atomic E-state index is 11.7. The molecular weight excluding hydrogens is 344 g/mol. The molecule has 0 radical (unpaired) electrons. The first-order chi connectivity index (χ1) is 8.12. The summed E-state index contributed by atoms with van der Waals surface area (Å²) in [5.74, 6) is -0.581. The van der Waals surface area contributed by atoms with Crippen molar-refractivity contribution in [2.75, 3.05) is 0 Å². The first-order valence-corrected chi connectivity index (χ1v) is 8.19. The molecule has 0 saturated carbocycles. The molecule has 18 heavy (non-hydrogen) atoms. The van der Waals surface area contributed by atoms with Gasteiger partial charge in [-0.15, -0.1) is 0 Å². The molecule has 100 valence electrons. The fourth-order valence-electron chi connectivity index (χ4n) is 1.31. The highest BCUT2D eigenvalue weighted by molar-refractivity contribution is 9.10. The summed E-state index contributed by atoms with van der Waals surface area (Å²) in [4.78, 5) is 11.6. The summed E-state index contributed by atoms with van der Waals surface area (Å²) in [7, 11) is 1.39. The molecule has 0 bridgehead atoms. The van der Waals surface area contributed by atoms with Crippen molar-refractivity contribution in [1.82, 2.24) is 0 Å². The summed E-state index contributed by atoms with van der Waals surface area (Å²) < 4.78 is 28.1. The zero-order valence-electron chi connectivity index (χ0n) is 10.0. The highest BCUT2D eigenvalue weighted by Gasteiger charge is 2.20. The highest BCUT2D eigenvalue weighted by Crippen LogP contribution is 2.30. The lowest BCUT2D eigenvalue weighted by Gasteiger charge is -2.11. The number of aryl methyl sites for hydroxylation is 1. The smallest absolute Gasteiger partial charge is 0.338 e. The molecule has 1 aromatic carbocycles. The van der Waals surface area contributed by atoms with Gasteiger partial charge in [-0.1, -0.05) is 0 Å². The Morgan fingerprint density at radius 1 is 1.39 bits per heavy atom. The Morgan fingerprint density at radius 3 is 2.39 bits per heavy atom. The number of ether oxygens (including phenoxy) is 1. The van der Waals surface area contributed by atoms with Crippen LogP contribution in [0.3, 0.4) is 0 Å². The van der Waals surface area contributed by atoms with Crippen molar-refractivity contribution in [2.45, 2.75) is 31.8 Å². The number of carbonyl (C=O) groups excluding carboxylic acids is 1. The van der Waals surface area contributed by atoms with E-state index in [4.69, 9.17) is 15.4 Å². The summed E-state index contributed by atoms with van der Waals surface area (Å²) in [6.07, 6.45) is -0.280. The molecule has 0 spiro atoms. The van der Waals surface area contributed by atoms with Crippen molar-refractivity contribution < 1.29 is 17.9 Å². The van der Waals surface area contributed by atoms with Gasteiger partial charge in [0.2, 0.25) is 0 Å². The molecule has 0 saturated heterocycles. The number of hydrogen-bond acceptors (Lipinski definition) is 4. The van der Waals surface area contributed by atoms with E-state index < -0.39 is 15.0 Å². The van der Waals surface area contributed by atoms with Gasteiger partial charge in [-0.3, -0.25) is 0 Å². The van der Waals surface area contributed by atoms with Crippen molar-refractivity contribution in [3.8, 4) is 0 Å². The summed E-state index contributed by atoms with van der Waals surface area (Å²) in [5.41, 5.74) is 0.746. The molecule has 0 N–H and O–H groups in total. The third-order valence-corrected chi connectivity index (χ3v) is 4.72. The van der Waals surface area contributed by atoms with Gasteiger partial charge in [-0.25, -0.2) is 13.2 Å². The number of hydrogen-bond donors (Lipinski definition) is 0. The monoisotopic (exact) mass is 354 g/mol. The second-order valence-electron chi connectivity index (χ2n) is 4.00. The minimum absolute atomic E-state index is 0.139. The number of halogens is 2. The van der Waals surface area contributed by atoms with Gasteiger partial charge in [0.15, 0.2) is 0 Å². The van der Waals surface area contributed by atoms with Crippen LogP contribution in [0.2, 0.25) is 0 Å². The molecule has 1 aromatic rings. The lowest BCUT2D eigenvalue weighted by atomic mass is 10.1. The van der Waals surface area contributed by atoms with E-state index in [0.29, 0.717) is 10.0 Å². The van der Waals surface area contributed by atoms with E-state index in [1.165, 1.54) is 6.07 Å². The zero-order chi connectivity index (χ0) is 14.1. The van der Waals surface area contributed by atoms with Crippen molar-refractivity contribution in [3.05, 3.63) is 27.7 Å². The Bertz CT molecular complexity index is 581. The predicted octanol–water partition coefficient (Wildman–Crippen LogP) is 3.25. The quantitative estimate of drug-likeness (QED) is 0.617. The van der Waals surface area contributed by atoms with E-state index in [9.17, 15) is 13.2 Å². The first kappa shape index (κ1) is 15.5. The van der Waals surface area contributed by atoms with E-state index in [1.807, 2.05) is 0 Å². The van der Waals surface area contributed by atoms with Gasteiger partial charge in [-0.05, 0) is 54.4 Å². The fourth-order valence-corrected chi connectivity index (χ4v) is 3.47. The molecular formula is C11H12BrClO4S. The maximum absolute atomic E-state index is 11.7. The van der Waals surface area contributed by atoms with E-state index in [0.717, 1.165) is 0 Å². The third kappa shape index (κ3) is 3.70. The van der Waals surface area contributed by atoms with Crippen LogP contribution in [0.5, 0.6) is 0 Å². The van der Waals surface area contributed by atoms with Gasteiger partial charge < -0.3 is 4.74 Å². The molecule has 0 aliphatic carbocycles. The van der Waals surface area contributed by atoms with Crippen LogP contribution >= 0.6 is 26.6 Å². The molecule has 0 aliphatic heterocycles. The summed E-state index contributed by atoms with van der Waals surface area (Å²) in [5, 5.41) is 0. The van der Waals surface area contributed by atoms with Crippen LogP contribution in [-0.2, 0) is 13.8 Å². The Morgan fingerprint density at radius 2 is 1.94 bits per heavy atom. The van der Waals surface area contributed by atoms with Gasteiger partial charge in [0, 0.05) is 15.2 Å². The Labute approximate surface area is 119 Å². The van der Waals surface area contributed by atoms with Crippen LogP contribution in [0.4, 0.5) is 0 Å². The fraction of sp³-hybridized carbons (Fsp3) is 0.364. The molecule has 0 aliphatic rings. The van der Waals surface area contributed by atoms with Crippen LogP contribution in [0.25, 0.3) is 0 Å². The summed E-state index contributed by atoms with van der Waals surface area (Å²) >= 11 is 3.13. The van der Waals surface area contributed by atoms with Crippen LogP contribution in [0, 0.1) is 6.92 Å². The predicted molar refractivity (Wildman–Crippen MR) is 72.5 cm³/mol. The molecule has 4 nitrogen and oxygen atoms in total.